The third-order valence-corrected chi connectivity index (χ3v) is 3.16. The van der Waals surface area contributed by atoms with Gasteiger partial charge in [0.05, 0.1) is 5.92 Å². The third-order valence-electron chi connectivity index (χ3n) is 3.16. The van der Waals surface area contributed by atoms with Crippen LogP contribution in [-0.4, -0.2) is 29.1 Å². The largest absolute Gasteiger partial charge is 0.481 e. The highest BCUT2D eigenvalue weighted by atomic mass is 16.4. The van der Waals surface area contributed by atoms with Crippen LogP contribution in [0.25, 0.3) is 0 Å². The van der Waals surface area contributed by atoms with Gasteiger partial charge in [-0.1, -0.05) is 31.2 Å². The summed E-state index contributed by atoms with van der Waals surface area (Å²) >= 11 is 0. The van der Waals surface area contributed by atoms with Gasteiger partial charge in [-0.05, 0) is 17.5 Å². The highest BCUT2D eigenvalue weighted by Gasteiger charge is 2.20. The van der Waals surface area contributed by atoms with Crippen molar-refractivity contribution in [3.8, 4) is 0 Å². The fourth-order valence-corrected chi connectivity index (χ4v) is 2.18. The molecule has 3 heteroatoms. The van der Waals surface area contributed by atoms with E-state index in [9.17, 15) is 4.79 Å². The van der Waals surface area contributed by atoms with Gasteiger partial charge >= 0.3 is 5.97 Å². The lowest BCUT2D eigenvalue weighted by atomic mass is 9.99. The lowest BCUT2D eigenvalue weighted by Gasteiger charge is -2.29. The molecular formula is C13H17NO2. The molecule has 0 radical (unpaired) electrons. The monoisotopic (exact) mass is 219 g/mol. The molecule has 1 aliphatic rings. The van der Waals surface area contributed by atoms with E-state index in [1.165, 1.54) is 11.1 Å². The molecule has 1 aromatic carbocycles. The molecule has 0 amide bonds. The maximum atomic E-state index is 10.8. The predicted octanol–water partition coefficient (Wildman–Crippen LogP) is 1.77. The molecule has 3 nitrogen and oxygen atoms in total. The molecule has 0 aromatic heterocycles. The van der Waals surface area contributed by atoms with Gasteiger partial charge in [0.25, 0.3) is 0 Å². The lowest BCUT2D eigenvalue weighted by molar-refractivity contribution is -0.141. The molecule has 2 rings (SSSR count). The molecule has 86 valence electrons. The first kappa shape index (κ1) is 11.1. The van der Waals surface area contributed by atoms with Crippen LogP contribution < -0.4 is 0 Å². The van der Waals surface area contributed by atoms with Crippen LogP contribution in [0.4, 0.5) is 0 Å². The first-order valence-electron chi connectivity index (χ1n) is 5.69. The predicted molar refractivity (Wildman–Crippen MR) is 62.2 cm³/mol. The van der Waals surface area contributed by atoms with E-state index in [4.69, 9.17) is 5.11 Å². The number of nitrogens with zero attached hydrogens (tertiary/aromatic N) is 1. The molecular weight excluding hydrogens is 202 g/mol. The second-order valence-corrected chi connectivity index (χ2v) is 4.49. The highest BCUT2D eigenvalue weighted by Crippen LogP contribution is 2.19. The number of fused-ring (bicyclic) bond motifs is 1. The Morgan fingerprint density at radius 2 is 2.12 bits per heavy atom. The maximum absolute atomic E-state index is 10.8. The van der Waals surface area contributed by atoms with Crippen molar-refractivity contribution < 1.29 is 9.90 Å². The first-order valence-corrected chi connectivity index (χ1v) is 5.69. The number of carboxylic acids is 1. The van der Waals surface area contributed by atoms with Crippen LogP contribution in [0.5, 0.6) is 0 Å². The van der Waals surface area contributed by atoms with E-state index in [2.05, 4.69) is 23.1 Å². The average Bonchev–Trinajstić information content (AvgIpc) is 2.28. The summed E-state index contributed by atoms with van der Waals surface area (Å²) in [6.45, 7) is 4.26. The molecule has 0 aliphatic carbocycles. The van der Waals surface area contributed by atoms with Crippen molar-refractivity contribution in [1.29, 1.82) is 0 Å². The molecule has 1 aliphatic heterocycles. The summed E-state index contributed by atoms with van der Waals surface area (Å²) in [5, 5.41) is 8.88. The molecule has 1 atom stereocenters. The van der Waals surface area contributed by atoms with E-state index in [0.29, 0.717) is 6.54 Å². The zero-order valence-corrected chi connectivity index (χ0v) is 9.52. The Kier molecular flexibility index (Phi) is 3.25. The Morgan fingerprint density at radius 3 is 2.81 bits per heavy atom. The molecule has 1 aromatic rings. The fraction of sp³-hybridized carbons (Fsp3) is 0.462. The summed E-state index contributed by atoms with van der Waals surface area (Å²) in [6.07, 6.45) is 1.03. The summed E-state index contributed by atoms with van der Waals surface area (Å²) in [5.74, 6) is -0.996. The summed E-state index contributed by atoms with van der Waals surface area (Å²) in [6, 6.07) is 8.40. The Balaban J connectivity index is 2.00. The van der Waals surface area contributed by atoms with Gasteiger partial charge in [-0.15, -0.1) is 0 Å². The number of hydrogen-bond acceptors (Lipinski definition) is 2. The Morgan fingerprint density at radius 1 is 1.44 bits per heavy atom. The molecule has 1 N–H and O–H groups in total. The van der Waals surface area contributed by atoms with Crippen LogP contribution in [0.1, 0.15) is 18.1 Å². The van der Waals surface area contributed by atoms with E-state index in [1.54, 1.807) is 6.92 Å². The number of benzene rings is 1. The normalized spacial score (nSPS) is 17.8. The van der Waals surface area contributed by atoms with E-state index >= 15 is 0 Å². The molecule has 16 heavy (non-hydrogen) atoms. The minimum atomic E-state index is -0.709. The van der Waals surface area contributed by atoms with Crippen molar-refractivity contribution in [3.63, 3.8) is 0 Å². The van der Waals surface area contributed by atoms with Crippen LogP contribution in [0, 0.1) is 5.92 Å². The number of aliphatic carboxylic acids is 1. The van der Waals surface area contributed by atoms with Gasteiger partial charge in [0.2, 0.25) is 0 Å². The van der Waals surface area contributed by atoms with Gasteiger partial charge in [0, 0.05) is 19.6 Å². The van der Waals surface area contributed by atoms with Gasteiger partial charge in [0.1, 0.15) is 0 Å². The van der Waals surface area contributed by atoms with Crippen LogP contribution in [0.2, 0.25) is 0 Å². The first-order chi connectivity index (χ1) is 7.66. The van der Waals surface area contributed by atoms with Crippen molar-refractivity contribution in [2.75, 3.05) is 13.1 Å². The van der Waals surface area contributed by atoms with Gasteiger partial charge in [-0.25, -0.2) is 0 Å². The van der Waals surface area contributed by atoms with Crippen LogP contribution in [0.15, 0.2) is 24.3 Å². The van der Waals surface area contributed by atoms with Crippen molar-refractivity contribution in [2.45, 2.75) is 19.9 Å². The smallest absolute Gasteiger partial charge is 0.307 e. The van der Waals surface area contributed by atoms with E-state index in [1.807, 2.05) is 6.07 Å². The summed E-state index contributed by atoms with van der Waals surface area (Å²) in [4.78, 5) is 13.0. The Bertz CT molecular complexity index is 389. The lowest BCUT2D eigenvalue weighted by Crippen LogP contribution is -2.36. The standard InChI is InChI=1S/C13H17NO2/c1-10(13(15)16)8-14-7-6-11-4-2-3-5-12(11)9-14/h2-5,10H,6-9H2,1H3,(H,15,16). The van der Waals surface area contributed by atoms with Crippen LogP contribution in [-0.2, 0) is 17.8 Å². The minimum absolute atomic E-state index is 0.287. The minimum Gasteiger partial charge on any atom is -0.481 e. The number of rotatable bonds is 3. The van der Waals surface area contributed by atoms with E-state index < -0.39 is 5.97 Å². The second kappa shape index (κ2) is 4.66. The zero-order chi connectivity index (χ0) is 11.5. The SMILES string of the molecule is CC(CN1CCc2ccccc2C1)C(=O)O. The van der Waals surface area contributed by atoms with Crippen molar-refractivity contribution in [2.24, 2.45) is 5.92 Å². The maximum Gasteiger partial charge on any atom is 0.307 e. The molecule has 0 spiro atoms. The van der Waals surface area contributed by atoms with Crippen molar-refractivity contribution in [1.82, 2.24) is 4.90 Å². The molecule has 0 fully saturated rings. The van der Waals surface area contributed by atoms with Gasteiger partial charge in [0.15, 0.2) is 0 Å². The second-order valence-electron chi connectivity index (χ2n) is 4.49. The fourth-order valence-electron chi connectivity index (χ4n) is 2.18. The highest BCUT2D eigenvalue weighted by molar-refractivity contribution is 5.69. The van der Waals surface area contributed by atoms with Gasteiger partial charge < -0.3 is 5.11 Å². The quantitative estimate of drug-likeness (QED) is 0.842. The van der Waals surface area contributed by atoms with Gasteiger partial charge in [-0.3, -0.25) is 9.69 Å². The van der Waals surface area contributed by atoms with Crippen LogP contribution >= 0.6 is 0 Å². The molecule has 1 unspecified atom stereocenters. The van der Waals surface area contributed by atoms with Crippen molar-refractivity contribution in [3.05, 3.63) is 35.4 Å². The topological polar surface area (TPSA) is 40.5 Å². The molecule has 0 saturated heterocycles. The van der Waals surface area contributed by atoms with Gasteiger partial charge in [-0.2, -0.15) is 0 Å². The molecule has 1 heterocycles. The van der Waals surface area contributed by atoms with E-state index in [-0.39, 0.29) is 5.92 Å². The van der Waals surface area contributed by atoms with Crippen LogP contribution in [0.3, 0.4) is 0 Å². The third kappa shape index (κ3) is 2.42. The summed E-state index contributed by atoms with van der Waals surface area (Å²) < 4.78 is 0. The molecule has 0 bridgehead atoms. The summed E-state index contributed by atoms with van der Waals surface area (Å²) in [7, 11) is 0. The number of carbonyl (C=O) groups is 1. The number of carboxylic acid groups (broad SMARTS) is 1. The Hall–Kier alpha value is -1.35. The van der Waals surface area contributed by atoms with Crippen molar-refractivity contribution >= 4 is 5.97 Å². The van der Waals surface area contributed by atoms with E-state index in [0.717, 1.165) is 19.5 Å². The number of hydrogen-bond donors (Lipinski definition) is 1. The summed E-state index contributed by atoms with van der Waals surface area (Å²) in [5.41, 5.74) is 2.74. The Labute approximate surface area is 95.7 Å². The molecule has 0 saturated carbocycles. The average molecular weight is 219 g/mol. The zero-order valence-electron chi connectivity index (χ0n) is 9.52.